The molecule has 0 fully saturated rings. The van der Waals surface area contributed by atoms with Crippen LogP contribution in [0.4, 0.5) is 5.69 Å². The molecule has 0 aliphatic heterocycles. The molecule has 1 aromatic heterocycles. The van der Waals surface area contributed by atoms with Crippen LogP contribution in [0.2, 0.25) is 0 Å². The van der Waals surface area contributed by atoms with Crippen molar-refractivity contribution >= 4 is 27.8 Å². The molecule has 17 heavy (non-hydrogen) atoms. The van der Waals surface area contributed by atoms with Crippen LogP contribution in [0, 0.1) is 6.92 Å². The lowest BCUT2D eigenvalue weighted by atomic mass is 10.2. The summed E-state index contributed by atoms with van der Waals surface area (Å²) in [6.07, 6.45) is 0.860. The van der Waals surface area contributed by atoms with Gasteiger partial charge in [0.05, 0.1) is 10.8 Å². The fraction of sp³-hybridized carbons (Fsp3) is 0.231. The Balaban J connectivity index is 2.07. The molecule has 0 bridgehead atoms. The monoisotopic (exact) mass is 265 g/mol. The van der Waals surface area contributed by atoms with Gasteiger partial charge >= 0.3 is 0 Å². The minimum atomic E-state index is -0.963. The number of rotatable bonds is 4. The minimum absolute atomic E-state index is 0.658. The molecule has 4 heteroatoms. The van der Waals surface area contributed by atoms with Crippen molar-refractivity contribution in [3.8, 4) is 0 Å². The quantitative estimate of drug-likeness (QED) is 0.864. The summed E-state index contributed by atoms with van der Waals surface area (Å²) >= 11 is 1.71. The molecule has 90 valence electrons. The van der Waals surface area contributed by atoms with Crippen LogP contribution in [0.1, 0.15) is 10.4 Å². The highest BCUT2D eigenvalue weighted by Crippen LogP contribution is 2.18. The van der Waals surface area contributed by atoms with Gasteiger partial charge in [-0.3, -0.25) is 4.21 Å². The van der Waals surface area contributed by atoms with Crippen molar-refractivity contribution in [2.45, 2.75) is 18.2 Å². The molecule has 0 radical (unpaired) electrons. The van der Waals surface area contributed by atoms with Gasteiger partial charge < -0.3 is 5.73 Å². The minimum Gasteiger partial charge on any atom is -0.399 e. The molecule has 2 nitrogen and oxygen atoms in total. The first-order valence-corrected chi connectivity index (χ1v) is 7.63. The Labute approximate surface area is 108 Å². The maximum absolute atomic E-state index is 12.2. The molecule has 1 heterocycles. The fourth-order valence-electron chi connectivity index (χ4n) is 1.62. The van der Waals surface area contributed by atoms with Crippen molar-refractivity contribution < 1.29 is 4.21 Å². The molecule has 1 unspecified atom stereocenters. The fourth-order valence-corrected chi connectivity index (χ4v) is 3.78. The van der Waals surface area contributed by atoms with Crippen molar-refractivity contribution in [2.75, 3.05) is 11.5 Å². The smallest absolute Gasteiger partial charge is 0.0536 e. The summed E-state index contributed by atoms with van der Waals surface area (Å²) in [5.41, 5.74) is 7.44. The van der Waals surface area contributed by atoms with Gasteiger partial charge in [-0.2, -0.15) is 0 Å². The highest BCUT2D eigenvalue weighted by molar-refractivity contribution is 7.85. The van der Waals surface area contributed by atoms with E-state index in [1.54, 1.807) is 11.3 Å². The molecule has 0 saturated heterocycles. The largest absolute Gasteiger partial charge is 0.399 e. The lowest BCUT2D eigenvalue weighted by Gasteiger charge is -2.06. The van der Waals surface area contributed by atoms with Crippen molar-refractivity contribution in [1.29, 1.82) is 0 Å². The summed E-state index contributed by atoms with van der Waals surface area (Å²) in [5.74, 6) is 0.658. The predicted molar refractivity (Wildman–Crippen MR) is 74.9 cm³/mol. The van der Waals surface area contributed by atoms with Crippen LogP contribution in [0.15, 0.2) is 40.6 Å². The molecule has 2 aromatic rings. The van der Waals surface area contributed by atoms with Crippen LogP contribution >= 0.6 is 11.3 Å². The number of benzene rings is 1. The van der Waals surface area contributed by atoms with E-state index in [0.717, 1.165) is 16.9 Å². The number of hydrogen-bond donors (Lipinski definition) is 1. The van der Waals surface area contributed by atoms with Gasteiger partial charge in [0.25, 0.3) is 0 Å². The number of hydrogen-bond acceptors (Lipinski definition) is 3. The average Bonchev–Trinajstić information content (AvgIpc) is 2.82. The van der Waals surface area contributed by atoms with Crippen LogP contribution in [0.25, 0.3) is 0 Å². The van der Waals surface area contributed by atoms with Gasteiger partial charge in [-0.15, -0.1) is 11.3 Å². The van der Waals surface area contributed by atoms with Crippen LogP contribution < -0.4 is 5.73 Å². The van der Waals surface area contributed by atoms with Gasteiger partial charge in [0.2, 0.25) is 0 Å². The number of aryl methyl sites for hydroxylation is 2. The molecule has 0 aliphatic carbocycles. The van der Waals surface area contributed by atoms with E-state index in [2.05, 4.69) is 6.07 Å². The molecule has 0 spiro atoms. The van der Waals surface area contributed by atoms with Gasteiger partial charge in [0.15, 0.2) is 0 Å². The molecular weight excluding hydrogens is 250 g/mol. The van der Waals surface area contributed by atoms with Crippen LogP contribution in [0.3, 0.4) is 0 Å². The van der Waals surface area contributed by atoms with Crippen LogP contribution in [-0.2, 0) is 17.2 Å². The summed E-state index contributed by atoms with van der Waals surface area (Å²) in [6, 6.07) is 9.69. The van der Waals surface area contributed by atoms with E-state index in [-0.39, 0.29) is 0 Å². The first kappa shape index (κ1) is 12.3. The molecule has 0 aliphatic rings. The number of nitrogens with two attached hydrogens (primary N) is 1. The summed E-state index contributed by atoms with van der Waals surface area (Å²) in [5, 5.41) is 2.05. The van der Waals surface area contributed by atoms with Crippen molar-refractivity contribution in [2.24, 2.45) is 0 Å². The highest BCUT2D eigenvalue weighted by Gasteiger charge is 2.08. The third kappa shape index (κ3) is 3.17. The summed E-state index contributed by atoms with van der Waals surface area (Å²) in [4.78, 5) is 2.14. The van der Waals surface area contributed by atoms with Gasteiger partial charge in [-0.05, 0) is 42.5 Å². The number of anilines is 1. The lowest BCUT2D eigenvalue weighted by Crippen LogP contribution is -2.03. The van der Waals surface area contributed by atoms with E-state index in [1.807, 2.05) is 36.6 Å². The molecule has 1 atom stereocenters. The highest BCUT2D eigenvalue weighted by atomic mass is 32.2. The van der Waals surface area contributed by atoms with E-state index < -0.39 is 10.8 Å². The second-order valence-electron chi connectivity index (χ2n) is 3.90. The standard InChI is InChI=1S/C13H15NOS2/c1-10-4-5-11(14)9-13(10)17(15)8-6-12-3-2-7-16-12/h2-5,7,9H,6,8,14H2,1H3. The normalized spacial score (nSPS) is 12.5. The van der Waals surface area contributed by atoms with E-state index in [4.69, 9.17) is 5.73 Å². The van der Waals surface area contributed by atoms with Gasteiger partial charge in [-0.25, -0.2) is 0 Å². The third-order valence-electron chi connectivity index (χ3n) is 2.57. The molecule has 2 rings (SSSR count). The molecule has 2 N–H and O–H groups in total. The van der Waals surface area contributed by atoms with E-state index >= 15 is 0 Å². The second kappa shape index (κ2) is 5.47. The van der Waals surface area contributed by atoms with Gasteiger partial charge in [0, 0.05) is 21.2 Å². The first-order chi connectivity index (χ1) is 8.16. The zero-order valence-corrected chi connectivity index (χ0v) is 11.3. The first-order valence-electron chi connectivity index (χ1n) is 5.43. The summed E-state index contributed by atoms with van der Waals surface area (Å²) < 4.78 is 12.2. The maximum Gasteiger partial charge on any atom is 0.0536 e. The zero-order chi connectivity index (χ0) is 12.3. The zero-order valence-electron chi connectivity index (χ0n) is 9.68. The lowest BCUT2D eigenvalue weighted by molar-refractivity contribution is 0.682. The Kier molecular flexibility index (Phi) is 3.97. The molecule has 1 aromatic carbocycles. The Morgan fingerprint density at radius 2 is 2.18 bits per heavy atom. The van der Waals surface area contributed by atoms with E-state index in [9.17, 15) is 4.21 Å². The molecule has 0 amide bonds. The number of thiophene rings is 1. The third-order valence-corrected chi connectivity index (χ3v) is 5.01. The Bertz CT molecular complexity index is 520. The van der Waals surface area contributed by atoms with Crippen molar-refractivity contribution in [1.82, 2.24) is 0 Å². The van der Waals surface area contributed by atoms with Crippen LogP contribution in [0.5, 0.6) is 0 Å². The van der Waals surface area contributed by atoms with E-state index in [0.29, 0.717) is 11.4 Å². The van der Waals surface area contributed by atoms with E-state index in [1.165, 1.54) is 4.88 Å². The summed E-state index contributed by atoms with van der Waals surface area (Å²) in [7, 11) is -0.963. The Hall–Kier alpha value is -1.13. The van der Waals surface area contributed by atoms with Gasteiger partial charge in [0.1, 0.15) is 0 Å². The number of nitrogen functional groups attached to an aromatic ring is 1. The van der Waals surface area contributed by atoms with Gasteiger partial charge in [-0.1, -0.05) is 12.1 Å². The Morgan fingerprint density at radius 1 is 1.35 bits per heavy atom. The van der Waals surface area contributed by atoms with Crippen molar-refractivity contribution in [3.63, 3.8) is 0 Å². The molecule has 0 saturated carbocycles. The SMILES string of the molecule is Cc1ccc(N)cc1S(=O)CCc1cccs1. The van der Waals surface area contributed by atoms with Crippen LogP contribution in [-0.4, -0.2) is 9.96 Å². The summed E-state index contributed by atoms with van der Waals surface area (Å²) in [6.45, 7) is 1.97. The Morgan fingerprint density at radius 3 is 2.88 bits per heavy atom. The predicted octanol–water partition coefficient (Wildman–Crippen LogP) is 2.99. The molecular formula is C13H15NOS2. The average molecular weight is 265 g/mol. The topological polar surface area (TPSA) is 43.1 Å². The van der Waals surface area contributed by atoms with Crippen molar-refractivity contribution in [3.05, 3.63) is 46.2 Å². The maximum atomic E-state index is 12.2. The second-order valence-corrected chi connectivity index (χ2v) is 6.48.